The molecule has 0 aliphatic carbocycles. The SMILES string of the molecule is CC(SCCN1C(C)(C)CCCC1(C)C)C(=O)O. The van der Waals surface area contributed by atoms with E-state index in [4.69, 9.17) is 5.11 Å². The summed E-state index contributed by atoms with van der Waals surface area (Å²) in [6, 6.07) is 0. The average Bonchev–Trinajstić information content (AvgIpc) is 2.20. The van der Waals surface area contributed by atoms with Gasteiger partial charge in [-0.25, -0.2) is 0 Å². The number of carboxylic acids is 1. The second-order valence-electron chi connectivity index (χ2n) is 6.48. The number of nitrogens with zero attached hydrogens (tertiary/aromatic N) is 1. The first kappa shape index (κ1) is 15.8. The molecule has 1 fully saturated rings. The van der Waals surface area contributed by atoms with E-state index < -0.39 is 5.97 Å². The van der Waals surface area contributed by atoms with Crippen molar-refractivity contribution in [2.75, 3.05) is 12.3 Å². The molecular weight excluding hydrogens is 246 g/mol. The molecule has 1 N–H and O–H groups in total. The van der Waals surface area contributed by atoms with Gasteiger partial charge >= 0.3 is 5.97 Å². The molecule has 1 aliphatic heterocycles. The Morgan fingerprint density at radius 1 is 1.28 bits per heavy atom. The molecule has 106 valence electrons. The van der Waals surface area contributed by atoms with Crippen LogP contribution in [0.15, 0.2) is 0 Å². The van der Waals surface area contributed by atoms with Crippen molar-refractivity contribution in [3.8, 4) is 0 Å². The van der Waals surface area contributed by atoms with E-state index in [1.165, 1.54) is 31.0 Å². The van der Waals surface area contributed by atoms with Crippen molar-refractivity contribution in [1.82, 2.24) is 4.90 Å². The third-order valence-electron chi connectivity index (χ3n) is 4.07. The van der Waals surface area contributed by atoms with E-state index >= 15 is 0 Å². The van der Waals surface area contributed by atoms with Crippen molar-refractivity contribution in [3.63, 3.8) is 0 Å². The van der Waals surface area contributed by atoms with Crippen LogP contribution in [0.4, 0.5) is 0 Å². The molecular formula is C14H27NO2S. The molecule has 4 heteroatoms. The monoisotopic (exact) mass is 273 g/mol. The molecule has 1 rings (SSSR count). The van der Waals surface area contributed by atoms with E-state index in [0.29, 0.717) is 0 Å². The Hall–Kier alpha value is -0.220. The largest absolute Gasteiger partial charge is 0.480 e. The number of aliphatic carboxylic acids is 1. The summed E-state index contributed by atoms with van der Waals surface area (Å²) >= 11 is 1.54. The minimum Gasteiger partial charge on any atom is -0.480 e. The lowest BCUT2D eigenvalue weighted by Gasteiger charge is -2.53. The van der Waals surface area contributed by atoms with Gasteiger partial charge in [0.05, 0.1) is 5.25 Å². The maximum Gasteiger partial charge on any atom is 0.316 e. The van der Waals surface area contributed by atoms with Gasteiger partial charge in [-0.15, -0.1) is 11.8 Å². The van der Waals surface area contributed by atoms with E-state index in [1.807, 2.05) is 0 Å². The maximum atomic E-state index is 10.8. The smallest absolute Gasteiger partial charge is 0.316 e. The van der Waals surface area contributed by atoms with Crippen molar-refractivity contribution in [2.45, 2.75) is 70.2 Å². The summed E-state index contributed by atoms with van der Waals surface area (Å²) in [5.41, 5.74) is 0.462. The Balaban J connectivity index is 2.54. The first-order valence-corrected chi connectivity index (χ1v) is 7.84. The van der Waals surface area contributed by atoms with E-state index in [-0.39, 0.29) is 16.3 Å². The quantitative estimate of drug-likeness (QED) is 0.835. The van der Waals surface area contributed by atoms with Crippen molar-refractivity contribution in [2.24, 2.45) is 0 Å². The average molecular weight is 273 g/mol. The minimum absolute atomic E-state index is 0.231. The molecule has 0 amide bonds. The number of likely N-dealkylation sites (tertiary alicyclic amines) is 1. The highest BCUT2D eigenvalue weighted by atomic mass is 32.2. The zero-order chi connectivity index (χ0) is 14.0. The standard InChI is InChI=1S/C14H27NO2S/c1-11(12(16)17)18-10-9-15-13(2,3)7-6-8-14(15,4)5/h11H,6-10H2,1-5H3,(H,16,17). The van der Waals surface area contributed by atoms with Crippen LogP contribution in [0.3, 0.4) is 0 Å². The summed E-state index contributed by atoms with van der Waals surface area (Å²) in [6.07, 6.45) is 3.75. The highest BCUT2D eigenvalue weighted by Crippen LogP contribution is 2.38. The molecule has 0 spiro atoms. The van der Waals surface area contributed by atoms with Gasteiger partial charge in [-0.3, -0.25) is 9.69 Å². The second kappa shape index (κ2) is 5.83. The first-order valence-electron chi connectivity index (χ1n) is 6.79. The molecule has 0 saturated carbocycles. The topological polar surface area (TPSA) is 40.5 Å². The Bertz CT molecular complexity index is 286. The molecule has 1 atom stereocenters. The minimum atomic E-state index is -0.711. The van der Waals surface area contributed by atoms with E-state index in [0.717, 1.165) is 12.3 Å². The number of piperidine rings is 1. The second-order valence-corrected chi connectivity index (χ2v) is 7.93. The third-order valence-corrected chi connectivity index (χ3v) is 5.19. The van der Waals surface area contributed by atoms with Crippen LogP contribution in [0.5, 0.6) is 0 Å². The van der Waals surface area contributed by atoms with Crippen molar-refractivity contribution >= 4 is 17.7 Å². The molecule has 18 heavy (non-hydrogen) atoms. The van der Waals surface area contributed by atoms with Gasteiger partial charge in [0.25, 0.3) is 0 Å². The molecule has 0 aromatic rings. The van der Waals surface area contributed by atoms with Gasteiger partial charge in [-0.1, -0.05) is 0 Å². The zero-order valence-electron chi connectivity index (χ0n) is 12.3. The number of hydrogen-bond acceptors (Lipinski definition) is 3. The number of thioether (sulfide) groups is 1. The maximum absolute atomic E-state index is 10.8. The van der Waals surface area contributed by atoms with Crippen LogP contribution >= 0.6 is 11.8 Å². The lowest BCUT2D eigenvalue weighted by atomic mass is 9.80. The number of rotatable bonds is 5. The van der Waals surface area contributed by atoms with Gasteiger partial charge in [0.1, 0.15) is 0 Å². The number of carboxylic acid groups (broad SMARTS) is 1. The van der Waals surface area contributed by atoms with Crippen LogP contribution in [-0.4, -0.2) is 44.6 Å². The zero-order valence-corrected chi connectivity index (χ0v) is 13.1. The molecule has 0 radical (unpaired) electrons. The van der Waals surface area contributed by atoms with E-state index in [2.05, 4.69) is 32.6 Å². The first-order chi connectivity index (χ1) is 8.17. The lowest BCUT2D eigenvalue weighted by molar-refractivity contribution is -0.136. The van der Waals surface area contributed by atoms with Gasteiger partial charge in [-0.2, -0.15) is 0 Å². The van der Waals surface area contributed by atoms with Crippen LogP contribution < -0.4 is 0 Å². The predicted octanol–water partition coefficient (Wildman–Crippen LogP) is 3.24. The van der Waals surface area contributed by atoms with Gasteiger partial charge in [0, 0.05) is 23.4 Å². The summed E-state index contributed by atoms with van der Waals surface area (Å²) < 4.78 is 0. The van der Waals surface area contributed by atoms with E-state index in [9.17, 15) is 4.79 Å². The molecule has 1 heterocycles. The Labute approximate surface area is 115 Å². The molecule has 1 aliphatic rings. The molecule has 0 aromatic carbocycles. The summed E-state index contributed by atoms with van der Waals surface area (Å²) in [6.45, 7) is 12.0. The Morgan fingerprint density at radius 2 is 1.78 bits per heavy atom. The molecule has 1 saturated heterocycles. The highest BCUT2D eigenvalue weighted by molar-refractivity contribution is 8.00. The summed E-state index contributed by atoms with van der Waals surface area (Å²) in [7, 11) is 0. The lowest BCUT2D eigenvalue weighted by Crippen LogP contribution is -2.59. The Kier molecular flexibility index (Phi) is 5.13. The van der Waals surface area contributed by atoms with Crippen LogP contribution in [0.1, 0.15) is 53.9 Å². The summed E-state index contributed by atoms with van der Waals surface area (Å²) in [5.74, 6) is 0.178. The van der Waals surface area contributed by atoms with Gasteiger partial charge in [0.15, 0.2) is 0 Å². The molecule has 0 aromatic heterocycles. The van der Waals surface area contributed by atoms with Crippen LogP contribution in [0.2, 0.25) is 0 Å². The van der Waals surface area contributed by atoms with Crippen LogP contribution in [-0.2, 0) is 4.79 Å². The third kappa shape index (κ3) is 3.89. The van der Waals surface area contributed by atoms with Gasteiger partial charge in [-0.05, 0) is 53.9 Å². The fraction of sp³-hybridized carbons (Fsp3) is 0.929. The highest BCUT2D eigenvalue weighted by Gasteiger charge is 2.40. The Morgan fingerprint density at radius 3 is 2.22 bits per heavy atom. The van der Waals surface area contributed by atoms with Crippen molar-refractivity contribution < 1.29 is 9.90 Å². The normalized spacial score (nSPS) is 24.7. The molecule has 3 nitrogen and oxygen atoms in total. The molecule has 0 bridgehead atoms. The predicted molar refractivity (Wildman–Crippen MR) is 78.3 cm³/mol. The fourth-order valence-corrected chi connectivity index (χ4v) is 3.82. The molecule has 1 unspecified atom stereocenters. The van der Waals surface area contributed by atoms with Crippen LogP contribution in [0.25, 0.3) is 0 Å². The fourth-order valence-electron chi connectivity index (χ4n) is 3.04. The van der Waals surface area contributed by atoms with E-state index in [1.54, 1.807) is 6.92 Å². The van der Waals surface area contributed by atoms with Gasteiger partial charge < -0.3 is 5.11 Å². The van der Waals surface area contributed by atoms with Crippen molar-refractivity contribution in [1.29, 1.82) is 0 Å². The van der Waals surface area contributed by atoms with Crippen molar-refractivity contribution in [3.05, 3.63) is 0 Å². The summed E-state index contributed by atoms with van der Waals surface area (Å²) in [5, 5.41) is 8.59. The number of hydrogen-bond donors (Lipinski definition) is 1. The van der Waals surface area contributed by atoms with Crippen LogP contribution in [0, 0.1) is 0 Å². The number of carbonyl (C=O) groups is 1. The summed E-state index contributed by atoms with van der Waals surface area (Å²) in [4.78, 5) is 13.4. The van der Waals surface area contributed by atoms with Gasteiger partial charge in [0.2, 0.25) is 0 Å².